The van der Waals surface area contributed by atoms with Gasteiger partial charge in [0.2, 0.25) is 0 Å². The summed E-state index contributed by atoms with van der Waals surface area (Å²) in [4.78, 5) is 20.9. The molecule has 18 heavy (non-hydrogen) atoms. The maximum atomic E-state index is 10.9. The number of nitrogens with zero attached hydrogens (tertiary/aromatic N) is 1. The summed E-state index contributed by atoms with van der Waals surface area (Å²) in [7, 11) is 0. The highest BCUT2D eigenvalue weighted by Crippen LogP contribution is 2.30. The number of aromatic carboxylic acids is 1. The van der Waals surface area contributed by atoms with Gasteiger partial charge in [-0.25, -0.2) is 4.79 Å². The second-order valence-electron chi connectivity index (χ2n) is 4.00. The van der Waals surface area contributed by atoms with Gasteiger partial charge in [-0.15, -0.1) is 6.42 Å². The van der Waals surface area contributed by atoms with Crippen LogP contribution in [0.2, 0.25) is 0 Å². The van der Waals surface area contributed by atoms with E-state index >= 15 is 0 Å². The molecule has 0 aliphatic carbocycles. The fourth-order valence-electron chi connectivity index (χ4n) is 1.18. The Morgan fingerprint density at radius 2 is 2.17 bits per heavy atom. The van der Waals surface area contributed by atoms with E-state index in [2.05, 4.69) is 5.92 Å². The lowest BCUT2D eigenvalue weighted by molar-refractivity contribution is -0.386. The van der Waals surface area contributed by atoms with Crippen LogP contribution in [0.15, 0.2) is 18.2 Å². The number of hydrogen-bond donors (Lipinski definition) is 1. The SMILES string of the molecule is C#CC(C)(C)Oc1ccc(C(=O)O)cc1[N+](=O)[O-]. The molecule has 0 aliphatic heterocycles. The summed E-state index contributed by atoms with van der Waals surface area (Å²) in [5.41, 5.74) is -1.64. The molecule has 0 heterocycles. The highest BCUT2D eigenvalue weighted by molar-refractivity contribution is 5.88. The second kappa shape index (κ2) is 4.75. The third kappa shape index (κ3) is 2.98. The van der Waals surface area contributed by atoms with E-state index in [4.69, 9.17) is 16.3 Å². The molecule has 94 valence electrons. The van der Waals surface area contributed by atoms with Crippen LogP contribution in [0.5, 0.6) is 5.75 Å². The van der Waals surface area contributed by atoms with E-state index in [0.29, 0.717) is 0 Å². The number of terminal acetylenes is 1. The first kappa shape index (κ1) is 13.5. The summed E-state index contributed by atoms with van der Waals surface area (Å²) >= 11 is 0. The first-order valence-electron chi connectivity index (χ1n) is 4.95. The summed E-state index contributed by atoms with van der Waals surface area (Å²) < 4.78 is 5.31. The van der Waals surface area contributed by atoms with Crippen LogP contribution in [0.4, 0.5) is 5.69 Å². The number of nitro benzene ring substituents is 1. The van der Waals surface area contributed by atoms with Gasteiger partial charge in [-0.1, -0.05) is 5.92 Å². The molecule has 6 heteroatoms. The Kier molecular flexibility index (Phi) is 3.57. The van der Waals surface area contributed by atoms with Crippen molar-refractivity contribution >= 4 is 11.7 Å². The van der Waals surface area contributed by atoms with Crippen LogP contribution in [-0.2, 0) is 0 Å². The van der Waals surface area contributed by atoms with E-state index < -0.39 is 22.2 Å². The number of carboxylic acid groups (broad SMARTS) is 1. The Balaban J connectivity index is 3.25. The largest absolute Gasteiger partial charge is 0.478 e. The van der Waals surface area contributed by atoms with Crippen molar-refractivity contribution in [2.24, 2.45) is 0 Å². The normalized spacial score (nSPS) is 10.5. The van der Waals surface area contributed by atoms with Crippen LogP contribution in [0.3, 0.4) is 0 Å². The molecule has 1 aromatic rings. The quantitative estimate of drug-likeness (QED) is 0.501. The Morgan fingerprint density at radius 1 is 1.56 bits per heavy atom. The van der Waals surface area contributed by atoms with Gasteiger partial charge in [-0.3, -0.25) is 10.1 Å². The average molecular weight is 249 g/mol. The first-order valence-corrected chi connectivity index (χ1v) is 4.95. The summed E-state index contributed by atoms with van der Waals surface area (Å²) in [6, 6.07) is 3.38. The summed E-state index contributed by atoms with van der Waals surface area (Å²) in [5.74, 6) is 1.02. The monoisotopic (exact) mass is 249 g/mol. The molecule has 0 bridgehead atoms. The lowest BCUT2D eigenvalue weighted by Gasteiger charge is -2.19. The smallest absolute Gasteiger partial charge is 0.335 e. The molecule has 6 nitrogen and oxygen atoms in total. The number of nitro groups is 1. The number of carboxylic acids is 1. The van der Waals surface area contributed by atoms with Crippen molar-refractivity contribution in [2.45, 2.75) is 19.4 Å². The zero-order valence-corrected chi connectivity index (χ0v) is 9.84. The van der Waals surface area contributed by atoms with E-state index in [1.54, 1.807) is 13.8 Å². The molecule has 1 rings (SSSR count). The molecule has 0 atom stereocenters. The second-order valence-corrected chi connectivity index (χ2v) is 4.00. The van der Waals surface area contributed by atoms with Crippen LogP contribution in [-0.4, -0.2) is 21.6 Å². The lowest BCUT2D eigenvalue weighted by Crippen LogP contribution is -2.26. The van der Waals surface area contributed by atoms with Crippen LogP contribution in [0.25, 0.3) is 0 Å². The number of ether oxygens (including phenoxy) is 1. The fraction of sp³-hybridized carbons (Fsp3) is 0.250. The van der Waals surface area contributed by atoms with Gasteiger partial charge in [-0.2, -0.15) is 0 Å². The molecular weight excluding hydrogens is 238 g/mol. The minimum Gasteiger partial charge on any atom is -0.478 e. The molecule has 1 aromatic carbocycles. The van der Waals surface area contributed by atoms with Crippen molar-refractivity contribution < 1.29 is 19.6 Å². The Hall–Kier alpha value is -2.55. The van der Waals surface area contributed by atoms with Crippen LogP contribution < -0.4 is 4.74 Å². The van der Waals surface area contributed by atoms with E-state index in [1.165, 1.54) is 12.1 Å². The average Bonchev–Trinajstić information content (AvgIpc) is 2.28. The van der Waals surface area contributed by atoms with Gasteiger partial charge >= 0.3 is 11.7 Å². The number of carbonyl (C=O) groups is 1. The molecular formula is C12H11NO5. The predicted molar refractivity (Wildman–Crippen MR) is 63.6 cm³/mol. The number of benzene rings is 1. The topological polar surface area (TPSA) is 89.7 Å². The van der Waals surface area contributed by atoms with E-state index in [9.17, 15) is 14.9 Å². The van der Waals surface area contributed by atoms with Crippen LogP contribution in [0, 0.1) is 22.5 Å². The van der Waals surface area contributed by atoms with Gasteiger partial charge in [-0.05, 0) is 26.0 Å². The Bertz CT molecular complexity index is 542. The first-order chi connectivity index (χ1) is 8.26. The summed E-state index contributed by atoms with van der Waals surface area (Å²) in [6.07, 6.45) is 5.22. The Morgan fingerprint density at radius 3 is 2.61 bits per heavy atom. The molecule has 0 aromatic heterocycles. The zero-order chi connectivity index (χ0) is 13.9. The van der Waals surface area contributed by atoms with Gasteiger partial charge < -0.3 is 9.84 Å². The van der Waals surface area contributed by atoms with Crippen molar-refractivity contribution in [3.05, 3.63) is 33.9 Å². The van der Waals surface area contributed by atoms with Crippen LogP contribution >= 0.6 is 0 Å². The van der Waals surface area contributed by atoms with Crippen molar-refractivity contribution in [3.63, 3.8) is 0 Å². The summed E-state index contributed by atoms with van der Waals surface area (Å²) in [5, 5.41) is 19.6. The molecule has 0 fully saturated rings. The van der Waals surface area contributed by atoms with Gasteiger partial charge in [0.15, 0.2) is 11.4 Å². The van der Waals surface area contributed by atoms with E-state index in [0.717, 1.165) is 6.07 Å². The van der Waals surface area contributed by atoms with Crippen molar-refractivity contribution in [3.8, 4) is 18.1 Å². The molecule has 0 saturated heterocycles. The summed E-state index contributed by atoms with van der Waals surface area (Å²) in [6.45, 7) is 3.14. The highest BCUT2D eigenvalue weighted by atomic mass is 16.6. The zero-order valence-electron chi connectivity index (χ0n) is 9.84. The molecule has 0 spiro atoms. The predicted octanol–water partition coefficient (Wildman–Crippen LogP) is 2.08. The van der Waals surface area contributed by atoms with Gasteiger partial charge in [0, 0.05) is 6.07 Å². The fourth-order valence-corrected chi connectivity index (χ4v) is 1.18. The van der Waals surface area contributed by atoms with Crippen molar-refractivity contribution in [2.75, 3.05) is 0 Å². The standard InChI is InChI=1S/C12H11NO5/c1-4-12(2,3)18-10-6-5-8(11(14)15)7-9(10)13(16)17/h1,5-7H,2-3H3,(H,14,15). The maximum absolute atomic E-state index is 10.9. The molecule has 1 N–H and O–H groups in total. The molecule has 0 radical (unpaired) electrons. The molecule has 0 aliphatic rings. The van der Waals surface area contributed by atoms with E-state index in [-0.39, 0.29) is 11.3 Å². The van der Waals surface area contributed by atoms with E-state index in [1.807, 2.05) is 0 Å². The van der Waals surface area contributed by atoms with Gasteiger partial charge in [0.1, 0.15) is 0 Å². The minimum atomic E-state index is -1.25. The highest BCUT2D eigenvalue weighted by Gasteiger charge is 2.24. The minimum absolute atomic E-state index is 0.0621. The van der Waals surface area contributed by atoms with Gasteiger partial charge in [0.25, 0.3) is 0 Å². The third-order valence-corrected chi connectivity index (χ3v) is 2.12. The Labute approximate surface area is 103 Å². The number of rotatable bonds is 4. The molecule has 0 amide bonds. The lowest BCUT2D eigenvalue weighted by atomic mass is 10.1. The maximum Gasteiger partial charge on any atom is 0.335 e. The van der Waals surface area contributed by atoms with Crippen LogP contribution in [0.1, 0.15) is 24.2 Å². The number of hydrogen-bond acceptors (Lipinski definition) is 4. The van der Waals surface area contributed by atoms with Gasteiger partial charge in [0.05, 0.1) is 10.5 Å². The third-order valence-electron chi connectivity index (χ3n) is 2.12. The molecule has 0 unspecified atom stereocenters. The van der Waals surface area contributed by atoms with Crippen molar-refractivity contribution in [1.29, 1.82) is 0 Å². The molecule has 0 saturated carbocycles. The van der Waals surface area contributed by atoms with Crippen molar-refractivity contribution in [1.82, 2.24) is 0 Å².